The summed E-state index contributed by atoms with van der Waals surface area (Å²) < 4.78 is 42.4. The summed E-state index contributed by atoms with van der Waals surface area (Å²) in [6, 6.07) is 3.58. The largest absolute Gasteiger partial charge is 0.417 e. The van der Waals surface area contributed by atoms with Crippen molar-refractivity contribution in [2.45, 2.75) is 25.6 Å². The minimum atomic E-state index is -4.61. The fourth-order valence-electron chi connectivity index (χ4n) is 3.60. The van der Waals surface area contributed by atoms with Gasteiger partial charge in [0, 0.05) is 30.2 Å². The molecule has 1 aliphatic heterocycles. The lowest BCUT2D eigenvalue weighted by molar-refractivity contribution is -0.137. The summed E-state index contributed by atoms with van der Waals surface area (Å²) >= 11 is 10.4. The highest BCUT2D eigenvalue weighted by atomic mass is 79.9. The highest BCUT2D eigenvalue weighted by molar-refractivity contribution is 9.10. The summed E-state index contributed by atoms with van der Waals surface area (Å²) in [5.41, 5.74) is -0.752. The number of fused-ring (bicyclic) bond motifs is 1. The van der Waals surface area contributed by atoms with E-state index in [1.165, 1.54) is 28.0 Å². The Kier molecular flexibility index (Phi) is 5.71. The summed E-state index contributed by atoms with van der Waals surface area (Å²) in [5, 5.41) is 1.52. The lowest BCUT2D eigenvalue weighted by Crippen LogP contribution is -2.34. The molecule has 0 spiro atoms. The number of thiophene rings is 1. The molecule has 0 N–H and O–H groups in total. The first-order valence-electron chi connectivity index (χ1n) is 9.12. The summed E-state index contributed by atoms with van der Waals surface area (Å²) in [6.45, 7) is 1.23. The molecule has 1 aliphatic rings. The molecule has 1 saturated heterocycles. The molecule has 3 heterocycles. The number of hydrogen-bond donors (Lipinski definition) is 0. The van der Waals surface area contributed by atoms with E-state index in [1.807, 2.05) is 0 Å². The maximum atomic E-state index is 13.3. The van der Waals surface area contributed by atoms with Gasteiger partial charge in [0.15, 0.2) is 0 Å². The van der Waals surface area contributed by atoms with Crippen LogP contribution in [0.2, 0.25) is 5.02 Å². The molecule has 4 rings (SSSR count). The summed E-state index contributed by atoms with van der Waals surface area (Å²) in [4.78, 5) is 27.4. The third-order valence-corrected chi connectivity index (χ3v) is 7.31. The first-order chi connectivity index (χ1) is 14.2. The van der Waals surface area contributed by atoms with Crippen molar-refractivity contribution in [2.24, 2.45) is 0 Å². The second-order valence-electron chi connectivity index (χ2n) is 7.04. The van der Waals surface area contributed by atoms with E-state index in [9.17, 15) is 22.8 Å². The van der Waals surface area contributed by atoms with Crippen molar-refractivity contribution in [1.82, 2.24) is 9.47 Å². The molecule has 2 aromatic heterocycles. The van der Waals surface area contributed by atoms with Crippen LogP contribution >= 0.6 is 38.9 Å². The predicted octanol–water partition coefficient (Wildman–Crippen LogP) is 5.79. The molecule has 3 aromatic rings. The molecule has 30 heavy (non-hydrogen) atoms. The van der Waals surface area contributed by atoms with Crippen LogP contribution in [-0.2, 0) is 17.5 Å². The number of alkyl halides is 3. The van der Waals surface area contributed by atoms with Gasteiger partial charge in [0.25, 0.3) is 5.56 Å². The monoisotopic (exact) mass is 518 g/mol. The molecule has 1 aromatic carbocycles. The Labute approximate surface area is 187 Å². The SMILES string of the molecule is O=C(Cn1cc(Br)c2scc(-c3ccc(Cl)c(C(F)(F)F)c3)c2c1=O)N1CCCC1. The molecule has 10 heteroatoms. The number of rotatable bonds is 3. The van der Waals surface area contributed by atoms with Gasteiger partial charge in [0.2, 0.25) is 5.91 Å². The number of benzene rings is 1. The molecule has 1 amide bonds. The standard InChI is InChI=1S/C20H15BrClF3N2O2S/c21-14-8-27(9-16(28)26-5-1-2-6-26)19(29)17-12(10-30-18(14)17)11-3-4-15(22)13(7-11)20(23,24)25/h3-4,7-8,10H,1-2,5-6,9H2. The van der Waals surface area contributed by atoms with Crippen molar-refractivity contribution in [2.75, 3.05) is 13.1 Å². The van der Waals surface area contributed by atoms with Crippen molar-refractivity contribution >= 4 is 54.9 Å². The van der Waals surface area contributed by atoms with E-state index in [4.69, 9.17) is 11.6 Å². The van der Waals surface area contributed by atoms with E-state index < -0.39 is 22.3 Å². The van der Waals surface area contributed by atoms with Crippen LogP contribution in [0.25, 0.3) is 21.2 Å². The van der Waals surface area contributed by atoms with Gasteiger partial charge in [0.05, 0.1) is 25.1 Å². The molecule has 0 unspecified atom stereocenters. The average molecular weight is 520 g/mol. The molecule has 0 radical (unpaired) electrons. The number of halogens is 5. The van der Waals surface area contributed by atoms with Crippen LogP contribution in [0.5, 0.6) is 0 Å². The lowest BCUT2D eigenvalue weighted by atomic mass is 10.0. The van der Waals surface area contributed by atoms with Crippen molar-refractivity contribution in [3.8, 4) is 11.1 Å². The number of carbonyl (C=O) groups excluding carboxylic acids is 1. The molecule has 0 saturated carbocycles. The molecule has 1 fully saturated rings. The third-order valence-electron chi connectivity index (χ3n) is 5.10. The van der Waals surface area contributed by atoms with E-state index >= 15 is 0 Å². The second-order valence-corrected chi connectivity index (χ2v) is 9.19. The first kappa shape index (κ1) is 21.4. The number of hydrogen-bond acceptors (Lipinski definition) is 3. The summed E-state index contributed by atoms with van der Waals surface area (Å²) in [5.74, 6) is -0.150. The van der Waals surface area contributed by atoms with Crippen LogP contribution in [0.4, 0.5) is 13.2 Å². The van der Waals surface area contributed by atoms with E-state index in [-0.39, 0.29) is 23.4 Å². The zero-order chi connectivity index (χ0) is 21.6. The topological polar surface area (TPSA) is 42.3 Å². The van der Waals surface area contributed by atoms with Crippen LogP contribution in [0.3, 0.4) is 0 Å². The van der Waals surface area contributed by atoms with Crippen LogP contribution in [0.15, 0.2) is 39.0 Å². The minimum absolute atomic E-state index is 0.114. The summed E-state index contributed by atoms with van der Waals surface area (Å²) in [6.07, 6.45) is -1.17. The minimum Gasteiger partial charge on any atom is -0.341 e. The fraction of sp³-hybridized carbons (Fsp3) is 0.300. The number of nitrogens with zero attached hydrogens (tertiary/aromatic N) is 2. The van der Waals surface area contributed by atoms with Gasteiger partial charge in [-0.05, 0) is 46.5 Å². The molecule has 4 nitrogen and oxygen atoms in total. The van der Waals surface area contributed by atoms with Gasteiger partial charge < -0.3 is 9.47 Å². The van der Waals surface area contributed by atoms with Crippen LogP contribution in [-0.4, -0.2) is 28.5 Å². The number of aromatic nitrogens is 1. The predicted molar refractivity (Wildman–Crippen MR) is 115 cm³/mol. The Morgan fingerprint density at radius 2 is 1.93 bits per heavy atom. The van der Waals surface area contributed by atoms with Gasteiger partial charge in [-0.2, -0.15) is 13.2 Å². The Morgan fingerprint density at radius 3 is 2.60 bits per heavy atom. The molecular formula is C20H15BrClF3N2O2S. The number of carbonyl (C=O) groups is 1. The van der Waals surface area contributed by atoms with E-state index in [0.717, 1.165) is 18.9 Å². The Hall–Kier alpha value is -1.84. The van der Waals surface area contributed by atoms with Gasteiger partial charge in [-0.3, -0.25) is 9.59 Å². The fourth-order valence-corrected chi connectivity index (χ4v) is 5.52. The molecule has 0 aliphatic carbocycles. The average Bonchev–Trinajstić information content (AvgIpc) is 3.35. The molecule has 0 atom stereocenters. The molecular weight excluding hydrogens is 505 g/mol. The quantitative estimate of drug-likeness (QED) is 0.440. The maximum absolute atomic E-state index is 13.3. The van der Waals surface area contributed by atoms with Gasteiger partial charge in [-0.1, -0.05) is 17.7 Å². The van der Waals surface area contributed by atoms with Crippen LogP contribution < -0.4 is 5.56 Å². The smallest absolute Gasteiger partial charge is 0.341 e. The zero-order valence-corrected chi connectivity index (χ0v) is 18.6. The number of likely N-dealkylation sites (tertiary alicyclic amines) is 1. The van der Waals surface area contributed by atoms with E-state index in [0.29, 0.717) is 27.8 Å². The van der Waals surface area contributed by atoms with Crippen molar-refractivity contribution in [3.63, 3.8) is 0 Å². The van der Waals surface area contributed by atoms with Gasteiger partial charge >= 0.3 is 6.18 Å². The van der Waals surface area contributed by atoms with Gasteiger partial charge in [-0.25, -0.2) is 0 Å². The number of amides is 1. The van der Waals surface area contributed by atoms with Gasteiger partial charge in [0.1, 0.15) is 6.54 Å². The van der Waals surface area contributed by atoms with Crippen molar-refractivity contribution in [3.05, 3.63) is 55.2 Å². The highest BCUT2D eigenvalue weighted by Gasteiger charge is 2.33. The van der Waals surface area contributed by atoms with Crippen LogP contribution in [0.1, 0.15) is 18.4 Å². The molecule has 0 bridgehead atoms. The van der Waals surface area contributed by atoms with E-state index in [2.05, 4.69) is 15.9 Å². The zero-order valence-electron chi connectivity index (χ0n) is 15.4. The summed E-state index contributed by atoms with van der Waals surface area (Å²) in [7, 11) is 0. The Balaban J connectivity index is 1.82. The van der Waals surface area contributed by atoms with E-state index in [1.54, 1.807) is 16.5 Å². The molecule has 158 valence electrons. The normalized spacial score (nSPS) is 14.6. The highest BCUT2D eigenvalue weighted by Crippen LogP contribution is 2.40. The first-order valence-corrected chi connectivity index (χ1v) is 11.2. The third kappa shape index (κ3) is 3.90. The maximum Gasteiger partial charge on any atom is 0.417 e. The number of pyridine rings is 1. The van der Waals surface area contributed by atoms with Crippen LogP contribution in [0, 0.1) is 0 Å². The Morgan fingerprint density at radius 1 is 1.23 bits per heavy atom. The lowest BCUT2D eigenvalue weighted by Gasteiger charge is -2.16. The van der Waals surface area contributed by atoms with Gasteiger partial charge in [-0.15, -0.1) is 11.3 Å². The Bertz CT molecular complexity index is 1200. The second kappa shape index (κ2) is 8.01. The van der Waals surface area contributed by atoms with Crippen molar-refractivity contribution < 1.29 is 18.0 Å². The van der Waals surface area contributed by atoms with Crippen molar-refractivity contribution in [1.29, 1.82) is 0 Å².